The minimum absolute atomic E-state index is 0.0581. The Morgan fingerprint density at radius 2 is 1.88 bits per heavy atom. The summed E-state index contributed by atoms with van der Waals surface area (Å²) < 4.78 is 10.3. The van der Waals surface area contributed by atoms with Crippen molar-refractivity contribution in [3.8, 4) is 5.75 Å². The second kappa shape index (κ2) is 7.87. The van der Waals surface area contributed by atoms with Crippen LogP contribution in [-0.4, -0.2) is 31.6 Å². The summed E-state index contributed by atoms with van der Waals surface area (Å²) in [6.07, 6.45) is 3.72. The van der Waals surface area contributed by atoms with E-state index in [0.29, 0.717) is 5.75 Å². The Kier molecular flexibility index (Phi) is 5.37. The lowest BCUT2D eigenvalue weighted by Crippen LogP contribution is -2.38. The molecule has 5 heteroatoms. The van der Waals surface area contributed by atoms with Crippen LogP contribution in [0.1, 0.15) is 18.1 Å². The second-order valence-electron chi connectivity index (χ2n) is 6.13. The molecule has 1 aliphatic rings. The number of hydrogen-bond donors (Lipinski definition) is 0. The first-order valence-corrected chi connectivity index (χ1v) is 8.48. The number of anilines is 1. The molecule has 26 heavy (non-hydrogen) atoms. The average Bonchev–Trinajstić information content (AvgIpc) is 3.00. The van der Waals surface area contributed by atoms with Crippen LogP contribution in [0.25, 0.3) is 6.08 Å². The number of benzene rings is 2. The highest BCUT2D eigenvalue weighted by Crippen LogP contribution is 2.31. The molecule has 1 heterocycles. The minimum atomic E-state index is -0.565. The molecule has 0 spiro atoms. The number of amides is 1. The van der Waals surface area contributed by atoms with Crippen LogP contribution in [0.2, 0.25) is 0 Å². The predicted octanol–water partition coefficient (Wildman–Crippen LogP) is 3.23. The first kappa shape index (κ1) is 17.7. The molecule has 1 unspecified atom stereocenters. The molecule has 0 aliphatic carbocycles. The molecule has 1 aliphatic heterocycles. The summed E-state index contributed by atoms with van der Waals surface area (Å²) in [4.78, 5) is 26.1. The van der Waals surface area contributed by atoms with E-state index in [1.807, 2.05) is 49.4 Å². The normalized spacial score (nSPS) is 15.8. The highest BCUT2D eigenvalue weighted by atomic mass is 16.5. The van der Waals surface area contributed by atoms with Gasteiger partial charge in [0.2, 0.25) is 0 Å². The number of ether oxygens (including phenoxy) is 2. The van der Waals surface area contributed by atoms with Crippen LogP contribution >= 0.6 is 0 Å². The third-order valence-corrected chi connectivity index (χ3v) is 4.35. The third-order valence-electron chi connectivity index (χ3n) is 4.35. The van der Waals surface area contributed by atoms with Crippen LogP contribution in [0, 0.1) is 0 Å². The molecule has 134 valence electrons. The molecule has 0 N–H and O–H groups in total. The van der Waals surface area contributed by atoms with E-state index < -0.39 is 5.97 Å². The minimum Gasteiger partial charge on any atom is -0.496 e. The van der Waals surface area contributed by atoms with Gasteiger partial charge in [0.25, 0.3) is 5.91 Å². The highest BCUT2D eigenvalue weighted by Gasteiger charge is 2.30. The number of carbonyl (C=O) groups is 2. The van der Waals surface area contributed by atoms with Gasteiger partial charge in [0.1, 0.15) is 5.75 Å². The zero-order valence-corrected chi connectivity index (χ0v) is 14.8. The largest absolute Gasteiger partial charge is 0.496 e. The van der Waals surface area contributed by atoms with Gasteiger partial charge in [-0.25, -0.2) is 4.79 Å². The number of nitrogens with zero attached hydrogens (tertiary/aromatic N) is 1. The van der Waals surface area contributed by atoms with Gasteiger partial charge >= 0.3 is 5.97 Å². The van der Waals surface area contributed by atoms with Gasteiger partial charge in [-0.3, -0.25) is 4.79 Å². The Morgan fingerprint density at radius 1 is 1.15 bits per heavy atom. The lowest BCUT2D eigenvalue weighted by Gasteiger charge is -2.22. The first-order chi connectivity index (χ1) is 12.6. The summed E-state index contributed by atoms with van der Waals surface area (Å²) >= 11 is 0. The van der Waals surface area contributed by atoms with Crippen LogP contribution in [0.5, 0.6) is 5.75 Å². The van der Waals surface area contributed by atoms with E-state index in [1.165, 1.54) is 6.08 Å². The van der Waals surface area contributed by atoms with Crippen LogP contribution in [0.4, 0.5) is 5.69 Å². The molecule has 3 rings (SSSR count). The molecule has 0 saturated heterocycles. The molecular formula is C21H21NO4. The summed E-state index contributed by atoms with van der Waals surface area (Å²) in [5, 5.41) is 0. The van der Waals surface area contributed by atoms with Crippen molar-refractivity contribution in [3.63, 3.8) is 0 Å². The summed E-state index contributed by atoms with van der Waals surface area (Å²) in [5.74, 6) is -0.124. The SMILES string of the molecule is COc1ccccc1/C=C/C(=O)OCC(=O)N1c2ccccc2CC1C. The maximum Gasteiger partial charge on any atom is 0.331 e. The van der Waals surface area contributed by atoms with Crippen molar-refractivity contribution in [2.45, 2.75) is 19.4 Å². The monoisotopic (exact) mass is 351 g/mol. The number of hydrogen-bond acceptors (Lipinski definition) is 4. The first-order valence-electron chi connectivity index (χ1n) is 8.48. The van der Waals surface area contributed by atoms with Crippen molar-refractivity contribution in [1.29, 1.82) is 0 Å². The van der Waals surface area contributed by atoms with E-state index >= 15 is 0 Å². The van der Waals surface area contributed by atoms with Gasteiger partial charge in [-0.15, -0.1) is 0 Å². The van der Waals surface area contributed by atoms with Crippen LogP contribution in [0.3, 0.4) is 0 Å². The fourth-order valence-electron chi connectivity index (χ4n) is 3.16. The Bertz CT molecular complexity index is 843. The molecule has 0 bridgehead atoms. The highest BCUT2D eigenvalue weighted by molar-refractivity contribution is 5.98. The number of methoxy groups -OCH3 is 1. The summed E-state index contributed by atoms with van der Waals surface area (Å²) in [5.41, 5.74) is 2.79. The molecule has 0 aromatic heterocycles. The lowest BCUT2D eigenvalue weighted by molar-refractivity contribution is -0.143. The molecule has 1 amide bonds. The number of para-hydroxylation sites is 2. The third kappa shape index (κ3) is 3.77. The topological polar surface area (TPSA) is 55.8 Å². The summed E-state index contributed by atoms with van der Waals surface area (Å²) in [6.45, 7) is 1.70. The predicted molar refractivity (Wildman–Crippen MR) is 100 cm³/mol. The molecule has 1 atom stereocenters. The van der Waals surface area contributed by atoms with Crippen molar-refractivity contribution in [1.82, 2.24) is 0 Å². The van der Waals surface area contributed by atoms with Gasteiger partial charge in [0, 0.05) is 23.4 Å². The fraction of sp³-hybridized carbons (Fsp3) is 0.238. The molecule has 0 radical (unpaired) electrons. The molecule has 0 fully saturated rings. The van der Waals surface area contributed by atoms with Gasteiger partial charge in [-0.1, -0.05) is 36.4 Å². The number of rotatable bonds is 5. The lowest BCUT2D eigenvalue weighted by atomic mass is 10.1. The smallest absolute Gasteiger partial charge is 0.331 e. The number of carbonyl (C=O) groups excluding carboxylic acids is 2. The van der Waals surface area contributed by atoms with E-state index in [0.717, 1.165) is 23.2 Å². The van der Waals surface area contributed by atoms with Gasteiger partial charge in [0.05, 0.1) is 7.11 Å². The van der Waals surface area contributed by atoms with E-state index in [1.54, 1.807) is 24.2 Å². The van der Waals surface area contributed by atoms with Gasteiger partial charge < -0.3 is 14.4 Å². The van der Waals surface area contributed by atoms with Gasteiger partial charge in [-0.05, 0) is 37.1 Å². The van der Waals surface area contributed by atoms with E-state index in [2.05, 4.69) is 0 Å². The average molecular weight is 351 g/mol. The van der Waals surface area contributed by atoms with E-state index in [4.69, 9.17) is 9.47 Å². The van der Waals surface area contributed by atoms with Gasteiger partial charge in [-0.2, -0.15) is 0 Å². The number of esters is 1. The zero-order chi connectivity index (χ0) is 18.5. The summed E-state index contributed by atoms with van der Waals surface area (Å²) in [7, 11) is 1.57. The van der Waals surface area contributed by atoms with Crippen molar-refractivity contribution in [3.05, 3.63) is 65.7 Å². The van der Waals surface area contributed by atoms with E-state index in [9.17, 15) is 9.59 Å². The molecule has 5 nitrogen and oxygen atoms in total. The Hall–Kier alpha value is -3.08. The van der Waals surface area contributed by atoms with Crippen LogP contribution in [0.15, 0.2) is 54.6 Å². The molecular weight excluding hydrogens is 330 g/mol. The van der Waals surface area contributed by atoms with Crippen molar-refractivity contribution < 1.29 is 19.1 Å². The van der Waals surface area contributed by atoms with E-state index in [-0.39, 0.29) is 18.6 Å². The maximum absolute atomic E-state index is 12.5. The van der Waals surface area contributed by atoms with Crippen LogP contribution in [-0.2, 0) is 20.7 Å². The second-order valence-corrected chi connectivity index (χ2v) is 6.13. The van der Waals surface area contributed by atoms with Crippen LogP contribution < -0.4 is 9.64 Å². The molecule has 0 saturated carbocycles. The molecule has 2 aromatic carbocycles. The maximum atomic E-state index is 12.5. The van der Waals surface area contributed by atoms with Gasteiger partial charge in [0.15, 0.2) is 6.61 Å². The standard InChI is InChI=1S/C21H21NO4/c1-15-13-17-8-3-5-9-18(17)22(15)20(23)14-26-21(24)12-11-16-7-4-6-10-19(16)25-2/h3-12,15H,13-14H2,1-2H3/b12-11+. The quantitative estimate of drug-likeness (QED) is 0.613. The Labute approximate surface area is 152 Å². The Morgan fingerprint density at radius 3 is 2.69 bits per heavy atom. The Balaban J connectivity index is 1.60. The molecule has 2 aromatic rings. The van der Waals surface area contributed by atoms with Crippen molar-refractivity contribution in [2.75, 3.05) is 18.6 Å². The number of fused-ring (bicyclic) bond motifs is 1. The fourth-order valence-corrected chi connectivity index (χ4v) is 3.16. The summed E-state index contributed by atoms with van der Waals surface area (Å²) in [6, 6.07) is 15.2. The van der Waals surface area contributed by atoms with Crippen molar-refractivity contribution >= 4 is 23.6 Å². The zero-order valence-electron chi connectivity index (χ0n) is 14.8. The van der Waals surface area contributed by atoms with Crippen molar-refractivity contribution in [2.24, 2.45) is 0 Å².